The summed E-state index contributed by atoms with van der Waals surface area (Å²) in [5.41, 5.74) is 1.35. The normalized spacial score (nSPS) is 21.5. The van der Waals surface area contributed by atoms with Crippen molar-refractivity contribution in [2.75, 3.05) is 19.0 Å². The molecule has 192 valence electrons. The van der Waals surface area contributed by atoms with E-state index < -0.39 is 6.10 Å². The second-order valence-corrected chi connectivity index (χ2v) is 9.60. The highest BCUT2D eigenvalue weighted by Crippen LogP contribution is 2.32. The van der Waals surface area contributed by atoms with Gasteiger partial charge in [0.25, 0.3) is 5.91 Å². The first-order chi connectivity index (χ1) is 17.2. The number of fused-ring (bicyclic) bond motifs is 2. The van der Waals surface area contributed by atoms with Crippen molar-refractivity contribution in [1.29, 1.82) is 0 Å². The summed E-state index contributed by atoms with van der Waals surface area (Å²) in [5, 5.41) is 5.57. The van der Waals surface area contributed by atoms with E-state index in [1.54, 1.807) is 62.2 Å². The molecule has 2 aliphatic heterocycles. The van der Waals surface area contributed by atoms with Crippen LogP contribution in [0.3, 0.4) is 0 Å². The molecule has 4 rings (SSSR count). The number of carbonyl (C=O) groups excluding carboxylic acids is 3. The van der Waals surface area contributed by atoms with Crippen LogP contribution in [0.25, 0.3) is 0 Å². The molecule has 36 heavy (non-hydrogen) atoms. The summed E-state index contributed by atoms with van der Waals surface area (Å²) >= 11 is 0. The SMILES string of the molecule is CC(C)C(=O)Nc1ccc2c(c1)C(=O)N(C)[C@@H]1CC[C@H](CC(=O)NCc3ccccc3F)O[C@@H]1CO2. The zero-order valence-electron chi connectivity index (χ0n) is 20.8. The van der Waals surface area contributed by atoms with Crippen LogP contribution in [0.1, 0.15) is 49.0 Å². The Morgan fingerprint density at radius 2 is 1.94 bits per heavy atom. The second-order valence-electron chi connectivity index (χ2n) is 9.60. The number of hydrogen-bond donors (Lipinski definition) is 2. The van der Waals surface area contributed by atoms with E-state index in [1.165, 1.54) is 6.07 Å². The zero-order valence-corrected chi connectivity index (χ0v) is 20.8. The van der Waals surface area contributed by atoms with Crippen LogP contribution in [0.15, 0.2) is 42.5 Å². The Kier molecular flexibility index (Phi) is 7.88. The third kappa shape index (κ3) is 5.84. The average Bonchev–Trinajstić information content (AvgIpc) is 2.86. The van der Waals surface area contributed by atoms with Crippen LogP contribution in [0.5, 0.6) is 5.75 Å². The summed E-state index contributed by atoms with van der Waals surface area (Å²) in [6, 6.07) is 11.1. The van der Waals surface area contributed by atoms with Gasteiger partial charge in [-0.15, -0.1) is 0 Å². The number of likely N-dealkylation sites (N-methyl/N-ethyl adjacent to an activating group) is 1. The predicted molar refractivity (Wildman–Crippen MR) is 132 cm³/mol. The lowest BCUT2D eigenvalue weighted by Crippen LogP contribution is -2.53. The first-order valence-electron chi connectivity index (χ1n) is 12.2. The quantitative estimate of drug-likeness (QED) is 0.637. The summed E-state index contributed by atoms with van der Waals surface area (Å²) in [5.74, 6) is -0.697. The Balaban J connectivity index is 1.39. The van der Waals surface area contributed by atoms with Crippen LogP contribution >= 0.6 is 0 Å². The van der Waals surface area contributed by atoms with E-state index in [4.69, 9.17) is 9.47 Å². The fraction of sp³-hybridized carbons (Fsp3) is 0.444. The fourth-order valence-corrected chi connectivity index (χ4v) is 4.51. The number of nitrogens with one attached hydrogen (secondary N) is 2. The smallest absolute Gasteiger partial charge is 0.257 e. The Labute approximate surface area is 210 Å². The van der Waals surface area contributed by atoms with E-state index in [2.05, 4.69) is 10.6 Å². The molecule has 2 heterocycles. The number of hydrogen-bond acceptors (Lipinski definition) is 5. The molecule has 0 spiro atoms. The Hall–Kier alpha value is -3.46. The first kappa shape index (κ1) is 25.6. The van der Waals surface area contributed by atoms with Gasteiger partial charge in [-0.05, 0) is 37.1 Å². The van der Waals surface area contributed by atoms with Gasteiger partial charge in [-0.25, -0.2) is 4.39 Å². The Bertz CT molecular complexity index is 1140. The molecule has 8 nitrogen and oxygen atoms in total. The van der Waals surface area contributed by atoms with Crippen LogP contribution in [0.2, 0.25) is 0 Å². The molecule has 2 aromatic carbocycles. The van der Waals surface area contributed by atoms with Gasteiger partial charge in [-0.3, -0.25) is 14.4 Å². The number of benzene rings is 2. The molecule has 2 N–H and O–H groups in total. The standard InChI is InChI=1S/C27H32FN3O5/c1-16(2)26(33)30-18-8-11-23-20(12-18)27(34)31(3)22-10-9-19(36-24(22)15-35-23)13-25(32)29-14-17-6-4-5-7-21(17)28/h4-8,11-12,16,19,22,24H,9-10,13-15H2,1-3H3,(H,29,32)(H,30,33)/t19-,22-,24-/m1/s1. The van der Waals surface area contributed by atoms with Crippen molar-refractivity contribution in [3.8, 4) is 5.75 Å². The van der Waals surface area contributed by atoms with Crippen LogP contribution in [0, 0.1) is 11.7 Å². The molecule has 2 aromatic rings. The molecule has 0 unspecified atom stereocenters. The van der Waals surface area contributed by atoms with Gasteiger partial charge in [-0.2, -0.15) is 0 Å². The summed E-state index contributed by atoms with van der Waals surface area (Å²) in [6.45, 7) is 3.93. The molecule has 0 saturated carbocycles. The molecular formula is C27H32FN3O5. The van der Waals surface area contributed by atoms with Gasteiger partial charge >= 0.3 is 0 Å². The molecule has 0 bridgehead atoms. The van der Waals surface area contributed by atoms with Crippen LogP contribution in [-0.2, 0) is 20.9 Å². The molecule has 1 fully saturated rings. The minimum absolute atomic E-state index is 0.112. The first-order valence-corrected chi connectivity index (χ1v) is 12.2. The van der Waals surface area contributed by atoms with Crippen molar-refractivity contribution < 1.29 is 28.2 Å². The lowest BCUT2D eigenvalue weighted by Gasteiger charge is -2.42. The third-order valence-corrected chi connectivity index (χ3v) is 6.65. The number of anilines is 1. The highest BCUT2D eigenvalue weighted by atomic mass is 19.1. The number of ether oxygens (including phenoxy) is 2. The number of halogens is 1. The lowest BCUT2D eigenvalue weighted by molar-refractivity contribution is -0.134. The topological polar surface area (TPSA) is 97.0 Å². The summed E-state index contributed by atoms with van der Waals surface area (Å²) in [7, 11) is 1.74. The Morgan fingerprint density at radius 1 is 1.17 bits per heavy atom. The van der Waals surface area contributed by atoms with Gasteiger partial charge in [0.15, 0.2) is 0 Å². The van der Waals surface area contributed by atoms with E-state index in [1.807, 2.05) is 0 Å². The van der Waals surface area contributed by atoms with Crippen molar-refractivity contribution in [3.05, 3.63) is 59.4 Å². The molecule has 0 aliphatic carbocycles. The van der Waals surface area contributed by atoms with Crippen molar-refractivity contribution in [2.45, 2.75) is 57.9 Å². The van der Waals surface area contributed by atoms with Gasteiger partial charge in [0.2, 0.25) is 11.8 Å². The van der Waals surface area contributed by atoms with E-state index >= 15 is 0 Å². The monoisotopic (exact) mass is 497 g/mol. The van der Waals surface area contributed by atoms with Crippen molar-refractivity contribution in [2.24, 2.45) is 5.92 Å². The molecule has 3 atom stereocenters. The van der Waals surface area contributed by atoms with E-state index in [0.717, 1.165) is 0 Å². The summed E-state index contributed by atoms with van der Waals surface area (Å²) < 4.78 is 26.0. The second kappa shape index (κ2) is 11.1. The average molecular weight is 498 g/mol. The maximum Gasteiger partial charge on any atom is 0.257 e. The molecule has 2 aliphatic rings. The number of rotatable bonds is 6. The molecule has 3 amide bonds. The van der Waals surface area contributed by atoms with Crippen LogP contribution in [0.4, 0.5) is 10.1 Å². The maximum atomic E-state index is 13.8. The molecule has 9 heteroatoms. The summed E-state index contributed by atoms with van der Waals surface area (Å²) in [6.07, 6.45) is 0.673. The van der Waals surface area contributed by atoms with Gasteiger partial charge in [0.05, 0.1) is 24.1 Å². The third-order valence-electron chi connectivity index (χ3n) is 6.65. The highest BCUT2D eigenvalue weighted by Gasteiger charge is 2.39. The largest absolute Gasteiger partial charge is 0.490 e. The van der Waals surface area contributed by atoms with Crippen molar-refractivity contribution >= 4 is 23.4 Å². The molecule has 0 radical (unpaired) electrons. The van der Waals surface area contributed by atoms with Crippen molar-refractivity contribution in [1.82, 2.24) is 10.2 Å². The van der Waals surface area contributed by atoms with E-state index in [9.17, 15) is 18.8 Å². The zero-order chi connectivity index (χ0) is 25.8. The lowest BCUT2D eigenvalue weighted by atomic mass is 9.94. The predicted octanol–water partition coefficient (Wildman–Crippen LogP) is 3.51. The number of amides is 3. The number of carbonyl (C=O) groups is 3. The Morgan fingerprint density at radius 3 is 2.69 bits per heavy atom. The van der Waals surface area contributed by atoms with E-state index in [0.29, 0.717) is 35.4 Å². The number of nitrogens with zero attached hydrogens (tertiary/aromatic N) is 1. The van der Waals surface area contributed by atoms with Crippen molar-refractivity contribution in [3.63, 3.8) is 0 Å². The van der Waals surface area contributed by atoms with Gasteiger partial charge in [0.1, 0.15) is 24.3 Å². The van der Waals surface area contributed by atoms with Gasteiger partial charge in [-0.1, -0.05) is 32.0 Å². The maximum absolute atomic E-state index is 13.8. The highest BCUT2D eigenvalue weighted by molar-refractivity contribution is 6.00. The van der Waals surface area contributed by atoms with Gasteiger partial charge in [0, 0.05) is 30.8 Å². The van der Waals surface area contributed by atoms with Crippen LogP contribution in [-0.4, -0.2) is 54.5 Å². The van der Waals surface area contributed by atoms with Crippen LogP contribution < -0.4 is 15.4 Å². The van der Waals surface area contributed by atoms with Gasteiger partial charge < -0.3 is 25.0 Å². The minimum Gasteiger partial charge on any atom is -0.490 e. The van der Waals surface area contributed by atoms with E-state index in [-0.39, 0.29) is 61.2 Å². The fourth-order valence-electron chi connectivity index (χ4n) is 4.51. The molecule has 0 aromatic heterocycles. The minimum atomic E-state index is -0.398. The molecule has 1 saturated heterocycles. The summed E-state index contributed by atoms with van der Waals surface area (Å²) in [4.78, 5) is 39.5. The molecular weight excluding hydrogens is 465 g/mol.